The van der Waals surface area contributed by atoms with Crippen LogP contribution in [0, 0.1) is 11.3 Å². The van der Waals surface area contributed by atoms with Crippen LogP contribution in [0.2, 0.25) is 0 Å². The number of hydrogen-bond donors (Lipinski definition) is 1. The van der Waals surface area contributed by atoms with E-state index in [1.165, 1.54) is 0 Å². The summed E-state index contributed by atoms with van der Waals surface area (Å²) in [4.78, 5) is 25.7. The van der Waals surface area contributed by atoms with Crippen LogP contribution in [0.3, 0.4) is 0 Å². The second-order valence-corrected chi connectivity index (χ2v) is 7.72. The summed E-state index contributed by atoms with van der Waals surface area (Å²) in [7, 11) is 0. The Kier molecular flexibility index (Phi) is 4.61. The van der Waals surface area contributed by atoms with Gasteiger partial charge in [0.05, 0.1) is 12.0 Å². The Labute approximate surface area is 153 Å². The molecule has 3 fully saturated rings. The molecule has 0 aromatic heterocycles. The van der Waals surface area contributed by atoms with Gasteiger partial charge < -0.3 is 19.5 Å². The number of amides is 1. The molecule has 140 valence electrons. The Morgan fingerprint density at radius 2 is 1.96 bits per heavy atom. The van der Waals surface area contributed by atoms with Gasteiger partial charge in [-0.1, -0.05) is 0 Å². The molecule has 1 aliphatic carbocycles. The smallest absolute Gasteiger partial charge is 0.307 e. The summed E-state index contributed by atoms with van der Waals surface area (Å²) in [5.74, 6) is -0.140. The van der Waals surface area contributed by atoms with Crippen LogP contribution < -0.4 is 4.74 Å². The van der Waals surface area contributed by atoms with Crippen LogP contribution in [0.25, 0.3) is 0 Å². The van der Waals surface area contributed by atoms with Crippen molar-refractivity contribution in [3.8, 4) is 5.75 Å². The van der Waals surface area contributed by atoms with Crippen LogP contribution >= 0.6 is 0 Å². The average molecular weight is 359 g/mol. The number of carboxylic acid groups (broad SMARTS) is 1. The molecule has 0 radical (unpaired) electrons. The first-order valence-electron chi connectivity index (χ1n) is 9.44. The van der Waals surface area contributed by atoms with Crippen LogP contribution in [0.15, 0.2) is 24.3 Å². The summed E-state index contributed by atoms with van der Waals surface area (Å²) < 4.78 is 11.3. The lowest BCUT2D eigenvalue weighted by molar-refractivity contribution is -0.139. The number of benzene rings is 1. The Morgan fingerprint density at radius 1 is 1.23 bits per heavy atom. The average Bonchev–Trinajstić information content (AvgIpc) is 3.11. The molecule has 0 bridgehead atoms. The SMILES string of the molecule is O=C(O)C1CC12CCN(C(=O)c1ccc(OCC3CCCO3)cc1)CC2. The molecule has 2 saturated heterocycles. The zero-order valence-corrected chi connectivity index (χ0v) is 14.9. The van der Waals surface area contributed by atoms with Gasteiger partial charge in [0.1, 0.15) is 12.4 Å². The van der Waals surface area contributed by atoms with Gasteiger partial charge in [-0.3, -0.25) is 9.59 Å². The first kappa shape index (κ1) is 17.3. The highest BCUT2D eigenvalue weighted by atomic mass is 16.5. The van der Waals surface area contributed by atoms with E-state index in [1.807, 2.05) is 17.0 Å². The molecular formula is C20H25NO5. The summed E-state index contributed by atoms with van der Waals surface area (Å²) in [6.07, 6.45) is 4.65. The number of carboxylic acids is 1. The zero-order chi connectivity index (χ0) is 18.1. The first-order valence-corrected chi connectivity index (χ1v) is 9.44. The van der Waals surface area contributed by atoms with E-state index in [0.29, 0.717) is 25.3 Å². The van der Waals surface area contributed by atoms with E-state index in [0.717, 1.165) is 44.5 Å². The molecule has 1 aromatic carbocycles. The third-order valence-electron chi connectivity index (χ3n) is 6.10. The Balaban J connectivity index is 1.29. The molecule has 1 saturated carbocycles. The predicted molar refractivity (Wildman–Crippen MR) is 94.2 cm³/mol. The minimum absolute atomic E-state index is 0.0121. The van der Waals surface area contributed by atoms with Gasteiger partial charge in [0.15, 0.2) is 0 Å². The highest BCUT2D eigenvalue weighted by Crippen LogP contribution is 2.59. The number of carbonyl (C=O) groups is 2. The fourth-order valence-corrected chi connectivity index (χ4v) is 4.25. The number of nitrogens with zero attached hydrogens (tertiary/aromatic N) is 1. The largest absolute Gasteiger partial charge is 0.491 e. The van der Waals surface area contributed by atoms with Gasteiger partial charge in [-0.05, 0) is 61.8 Å². The van der Waals surface area contributed by atoms with Crippen molar-refractivity contribution in [2.45, 2.75) is 38.2 Å². The topological polar surface area (TPSA) is 76.1 Å². The number of carbonyl (C=O) groups excluding carboxylic acids is 1. The summed E-state index contributed by atoms with van der Waals surface area (Å²) >= 11 is 0. The van der Waals surface area contributed by atoms with E-state index in [9.17, 15) is 9.59 Å². The maximum Gasteiger partial charge on any atom is 0.307 e. The summed E-state index contributed by atoms with van der Waals surface area (Å²) in [5, 5.41) is 9.16. The lowest BCUT2D eigenvalue weighted by atomic mass is 9.90. The second-order valence-electron chi connectivity index (χ2n) is 7.72. The van der Waals surface area contributed by atoms with E-state index in [-0.39, 0.29) is 23.3 Å². The highest BCUT2D eigenvalue weighted by molar-refractivity contribution is 5.94. The molecule has 2 unspecified atom stereocenters. The molecule has 1 N–H and O–H groups in total. The molecule has 6 nitrogen and oxygen atoms in total. The van der Waals surface area contributed by atoms with Crippen LogP contribution in [-0.4, -0.2) is 54.3 Å². The molecule has 2 atom stereocenters. The monoisotopic (exact) mass is 359 g/mol. The zero-order valence-electron chi connectivity index (χ0n) is 14.9. The lowest BCUT2D eigenvalue weighted by Crippen LogP contribution is -2.40. The van der Waals surface area contributed by atoms with Crippen molar-refractivity contribution in [2.24, 2.45) is 11.3 Å². The van der Waals surface area contributed by atoms with Crippen molar-refractivity contribution in [1.29, 1.82) is 0 Å². The standard InChI is InChI=1S/C20H25NO5/c22-18(21-9-7-20(8-10-21)12-17(20)19(23)24)14-3-5-15(6-4-14)26-13-16-2-1-11-25-16/h3-6,16-17H,1-2,7-13H2,(H,23,24). The maximum absolute atomic E-state index is 12.7. The van der Waals surface area contributed by atoms with Crippen molar-refractivity contribution in [2.75, 3.05) is 26.3 Å². The quantitative estimate of drug-likeness (QED) is 0.874. The van der Waals surface area contributed by atoms with Gasteiger partial charge in [0.25, 0.3) is 5.91 Å². The third kappa shape index (κ3) is 3.43. The van der Waals surface area contributed by atoms with Crippen molar-refractivity contribution >= 4 is 11.9 Å². The maximum atomic E-state index is 12.7. The molecule has 1 spiro atoms. The Morgan fingerprint density at radius 3 is 2.54 bits per heavy atom. The molecule has 6 heteroatoms. The molecule has 26 heavy (non-hydrogen) atoms. The van der Waals surface area contributed by atoms with Crippen molar-refractivity contribution in [1.82, 2.24) is 4.90 Å². The van der Waals surface area contributed by atoms with Crippen LogP contribution in [0.1, 0.15) is 42.5 Å². The summed E-state index contributed by atoms with van der Waals surface area (Å²) in [5.41, 5.74) is 0.596. The van der Waals surface area contributed by atoms with Crippen molar-refractivity contribution in [3.05, 3.63) is 29.8 Å². The van der Waals surface area contributed by atoms with Crippen molar-refractivity contribution in [3.63, 3.8) is 0 Å². The van der Waals surface area contributed by atoms with E-state index in [2.05, 4.69) is 0 Å². The van der Waals surface area contributed by atoms with Gasteiger partial charge in [-0.2, -0.15) is 0 Å². The van der Waals surface area contributed by atoms with E-state index in [4.69, 9.17) is 14.6 Å². The molecule has 4 rings (SSSR count). The fraction of sp³-hybridized carbons (Fsp3) is 0.600. The van der Waals surface area contributed by atoms with Gasteiger partial charge >= 0.3 is 5.97 Å². The molecule has 1 aromatic rings. The first-order chi connectivity index (χ1) is 12.6. The number of rotatable bonds is 5. The minimum Gasteiger partial charge on any atom is -0.491 e. The Hall–Kier alpha value is -2.08. The number of aliphatic carboxylic acids is 1. The molecular weight excluding hydrogens is 334 g/mol. The predicted octanol–water partition coefficient (Wildman–Crippen LogP) is 2.57. The number of ether oxygens (including phenoxy) is 2. The Bertz CT molecular complexity index is 672. The van der Waals surface area contributed by atoms with E-state index >= 15 is 0 Å². The summed E-state index contributed by atoms with van der Waals surface area (Å²) in [6, 6.07) is 7.26. The molecule has 1 amide bonds. The number of hydrogen-bond acceptors (Lipinski definition) is 4. The molecule has 2 aliphatic heterocycles. The van der Waals surface area contributed by atoms with Gasteiger partial charge in [-0.15, -0.1) is 0 Å². The molecule has 3 aliphatic rings. The van der Waals surface area contributed by atoms with Crippen molar-refractivity contribution < 1.29 is 24.2 Å². The van der Waals surface area contributed by atoms with Crippen LogP contribution in [0.4, 0.5) is 0 Å². The number of piperidine rings is 1. The second kappa shape index (κ2) is 6.91. The minimum atomic E-state index is -0.691. The van der Waals surface area contributed by atoms with Gasteiger partial charge in [-0.25, -0.2) is 0 Å². The summed E-state index contributed by atoms with van der Waals surface area (Å²) in [6.45, 7) is 2.64. The van der Waals surface area contributed by atoms with E-state index < -0.39 is 5.97 Å². The van der Waals surface area contributed by atoms with Crippen LogP contribution in [-0.2, 0) is 9.53 Å². The normalized spacial score (nSPS) is 26.7. The fourth-order valence-electron chi connectivity index (χ4n) is 4.25. The molecule has 2 heterocycles. The highest BCUT2D eigenvalue weighted by Gasteiger charge is 2.59. The van der Waals surface area contributed by atoms with E-state index in [1.54, 1.807) is 12.1 Å². The lowest BCUT2D eigenvalue weighted by Gasteiger charge is -2.32. The third-order valence-corrected chi connectivity index (χ3v) is 6.10. The number of likely N-dealkylation sites (tertiary alicyclic amines) is 1. The van der Waals surface area contributed by atoms with Gasteiger partial charge in [0, 0.05) is 25.3 Å². The van der Waals surface area contributed by atoms with Gasteiger partial charge in [0.2, 0.25) is 0 Å². The van der Waals surface area contributed by atoms with Crippen LogP contribution in [0.5, 0.6) is 5.75 Å².